The van der Waals surface area contributed by atoms with Crippen molar-refractivity contribution in [1.29, 1.82) is 0 Å². The molecule has 0 N–H and O–H groups in total. The third-order valence-corrected chi connectivity index (χ3v) is 5.57. The van der Waals surface area contributed by atoms with Crippen molar-refractivity contribution in [2.45, 2.75) is 58.4 Å². The highest BCUT2D eigenvalue weighted by molar-refractivity contribution is 5.77. The molecular formula is C18H25N5O2. The smallest absolute Gasteiger partial charge is 0.278 e. The molecule has 0 bridgehead atoms. The molecule has 0 aromatic carbocycles. The van der Waals surface area contributed by atoms with Crippen molar-refractivity contribution in [2.75, 3.05) is 6.54 Å². The lowest BCUT2D eigenvalue weighted by molar-refractivity contribution is -0.132. The molecule has 2 aromatic rings. The summed E-state index contributed by atoms with van der Waals surface area (Å²) in [4.78, 5) is 18.9. The van der Waals surface area contributed by atoms with Crippen LogP contribution >= 0.6 is 0 Å². The van der Waals surface area contributed by atoms with Gasteiger partial charge in [-0.2, -0.15) is 10.1 Å². The molecule has 4 rings (SSSR count). The monoisotopic (exact) mass is 343 g/mol. The summed E-state index contributed by atoms with van der Waals surface area (Å²) in [6, 6.07) is 0. The maximum absolute atomic E-state index is 12.7. The molecule has 0 atom stereocenters. The van der Waals surface area contributed by atoms with E-state index in [4.69, 9.17) is 4.52 Å². The molecule has 25 heavy (non-hydrogen) atoms. The third-order valence-electron chi connectivity index (χ3n) is 5.57. The second kappa shape index (κ2) is 6.61. The first-order chi connectivity index (χ1) is 12.1. The lowest BCUT2D eigenvalue weighted by Gasteiger charge is -2.28. The predicted octanol–water partition coefficient (Wildman–Crippen LogP) is 2.63. The minimum Gasteiger partial charge on any atom is -0.338 e. The fraction of sp³-hybridized carbons (Fsp3) is 0.667. The number of hydrogen-bond donors (Lipinski definition) is 0. The third kappa shape index (κ3) is 3.19. The molecule has 1 fully saturated rings. The summed E-state index contributed by atoms with van der Waals surface area (Å²) in [5, 5.41) is 8.42. The van der Waals surface area contributed by atoms with Crippen LogP contribution in [0.3, 0.4) is 0 Å². The number of carbonyl (C=O) groups excluding carboxylic acids is 1. The Kier molecular flexibility index (Phi) is 4.31. The van der Waals surface area contributed by atoms with Crippen LogP contribution in [-0.4, -0.2) is 37.3 Å². The van der Waals surface area contributed by atoms with Gasteiger partial charge in [-0.15, -0.1) is 0 Å². The van der Waals surface area contributed by atoms with E-state index in [1.165, 1.54) is 25.7 Å². The summed E-state index contributed by atoms with van der Waals surface area (Å²) in [6.45, 7) is 3.14. The van der Waals surface area contributed by atoms with Gasteiger partial charge < -0.3 is 9.42 Å². The maximum Gasteiger partial charge on any atom is 0.278 e. The fourth-order valence-electron chi connectivity index (χ4n) is 4.16. The highest BCUT2D eigenvalue weighted by Crippen LogP contribution is 2.31. The first kappa shape index (κ1) is 16.3. The van der Waals surface area contributed by atoms with Gasteiger partial charge in [-0.25, -0.2) is 0 Å². The Morgan fingerprint density at radius 1 is 1.32 bits per heavy atom. The summed E-state index contributed by atoms with van der Waals surface area (Å²) < 4.78 is 7.18. The van der Waals surface area contributed by atoms with Crippen LogP contribution < -0.4 is 0 Å². The van der Waals surface area contributed by atoms with Gasteiger partial charge in [0.1, 0.15) is 0 Å². The van der Waals surface area contributed by atoms with Crippen molar-refractivity contribution in [3.63, 3.8) is 0 Å². The molecular weight excluding hydrogens is 318 g/mol. The molecule has 3 heterocycles. The topological polar surface area (TPSA) is 77.0 Å². The van der Waals surface area contributed by atoms with E-state index in [1.807, 2.05) is 16.6 Å². The number of amides is 1. The van der Waals surface area contributed by atoms with E-state index < -0.39 is 0 Å². The predicted molar refractivity (Wildman–Crippen MR) is 91.6 cm³/mol. The van der Waals surface area contributed by atoms with Gasteiger partial charge >= 0.3 is 0 Å². The lowest BCUT2D eigenvalue weighted by Crippen LogP contribution is -2.36. The van der Waals surface area contributed by atoms with Crippen LogP contribution in [0.15, 0.2) is 4.52 Å². The van der Waals surface area contributed by atoms with Crippen LogP contribution in [0.4, 0.5) is 0 Å². The largest absolute Gasteiger partial charge is 0.338 e. The molecule has 1 saturated carbocycles. The van der Waals surface area contributed by atoms with Crippen molar-refractivity contribution < 1.29 is 9.32 Å². The molecule has 1 aliphatic heterocycles. The number of carbonyl (C=O) groups is 1. The van der Waals surface area contributed by atoms with Crippen molar-refractivity contribution >= 4 is 5.91 Å². The zero-order chi connectivity index (χ0) is 17.4. The molecule has 7 heteroatoms. The second-order valence-electron chi connectivity index (χ2n) is 7.30. The van der Waals surface area contributed by atoms with Gasteiger partial charge in [0.2, 0.25) is 5.91 Å². The molecule has 2 aromatic heterocycles. The first-order valence-corrected chi connectivity index (χ1v) is 9.25. The molecule has 1 amide bonds. The van der Waals surface area contributed by atoms with Crippen molar-refractivity contribution in [1.82, 2.24) is 24.8 Å². The van der Waals surface area contributed by atoms with Crippen molar-refractivity contribution in [3.05, 3.63) is 17.1 Å². The van der Waals surface area contributed by atoms with E-state index in [0.717, 1.165) is 36.6 Å². The molecule has 0 saturated heterocycles. The Labute approximate surface area is 147 Å². The molecule has 134 valence electrons. The first-order valence-electron chi connectivity index (χ1n) is 9.25. The summed E-state index contributed by atoms with van der Waals surface area (Å²) >= 11 is 0. The second-order valence-corrected chi connectivity index (χ2v) is 7.30. The van der Waals surface area contributed by atoms with Crippen LogP contribution in [0.1, 0.15) is 55.6 Å². The van der Waals surface area contributed by atoms with Gasteiger partial charge in [-0.05, 0) is 19.3 Å². The highest BCUT2D eigenvalue weighted by atomic mass is 16.5. The van der Waals surface area contributed by atoms with E-state index in [2.05, 4.69) is 15.2 Å². The average molecular weight is 343 g/mol. The van der Waals surface area contributed by atoms with Gasteiger partial charge in [0.15, 0.2) is 11.5 Å². The van der Waals surface area contributed by atoms with E-state index in [1.54, 1.807) is 6.92 Å². The van der Waals surface area contributed by atoms with Gasteiger partial charge in [-0.1, -0.05) is 30.8 Å². The number of aromatic nitrogens is 4. The van der Waals surface area contributed by atoms with Crippen molar-refractivity contribution in [3.8, 4) is 11.6 Å². The van der Waals surface area contributed by atoms with E-state index in [9.17, 15) is 4.79 Å². The lowest BCUT2D eigenvalue weighted by atomic mass is 10.00. The zero-order valence-corrected chi connectivity index (χ0v) is 15.0. The molecule has 2 aliphatic rings. The van der Waals surface area contributed by atoms with Gasteiger partial charge in [0.05, 0.1) is 0 Å². The molecule has 0 spiro atoms. The number of fused-ring (bicyclic) bond motifs is 1. The maximum atomic E-state index is 12.7. The summed E-state index contributed by atoms with van der Waals surface area (Å²) in [7, 11) is 1.93. The molecule has 1 aliphatic carbocycles. The molecule has 0 radical (unpaired) electrons. The SMILES string of the molecule is Cc1noc(-c2nn(C)c3c2CN(C(=O)CCC2CCCC2)CC3)n1. The average Bonchev–Trinajstić information content (AvgIpc) is 3.33. The van der Waals surface area contributed by atoms with Crippen LogP contribution in [0.25, 0.3) is 11.6 Å². The van der Waals surface area contributed by atoms with Crippen LogP contribution in [0.2, 0.25) is 0 Å². The van der Waals surface area contributed by atoms with Crippen LogP contribution in [0, 0.1) is 12.8 Å². The fourth-order valence-corrected chi connectivity index (χ4v) is 4.16. The number of rotatable bonds is 4. The Hall–Kier alpha value is -2.18. The summed E-state index contributed by atoms with van der Waals surface area (Å²) in [5.74, 6) is 2.04. The summed E-state index contributed by atoms with van der Waals surface area (Å²) in [5.41, 5.74) is 2.92. The molecule has 0 unspecified atom stereocenters. The Morgan fingerprint density at radius 3 is 2.84 bits per heavy atom. The standard InChI is InChI=1S/C18H25N5O2/c1-12-19-18(25-21-12)17-14-11-23(10-9-15(14)22(2)20-17)16(24)8-7-13-5-3-4-6-13/h13H,3-11H2,1-2H3. The Balaban J connectivity index is 1.49. The van der Waals surface area contributed by atoms with Gasteiger partial charge in [0, 0.05) is 44.2 Å². The highest BCUT2D eigenvalue weighted by Gasteiger charge is 2.29. The van der Waals surface area contributed by atoms with E-state index in [0.29, 0.717) is 30.4 Å². The minimum atomic E-state index is 0.258. The molecule has 7 nitrogen and oxygen atoms in total. The quantitative estimate of drug-likeness (QED) is 0.853. The number of hydrogen-bond acceptors (Lipinski definition) is 5. The Morgan fingerprint density at radius 2 is 2.12 bits per heavy atom. The van der Waals surface area contributed by atoms with Gasteiger partial charge in [0.25, 0.3) is 5.89 Å². The Bertz CT molecular complexity index is 773. The number of nitrogens with zero attached hydrogens (tertiary/aromatic N) is 5. The van der Waals surface area contributed by atoms with Crippen LogP contribution in [0.5, 0.6) is 0 Å². The normalized spacial score (nSPS) is 17.9. The van der Waals surface area contributed by atoms with Crippen LogP contribution in [-0.2, 0) is 24.8 Å². The summed E-state index contributed by atoms with van der Waals surface area (Å²) in [6.07, 6.45) is 7.76. The van der Waals surface area contributed by atoms with Crippen molar-refractivity contribution in [2.24, 2.45) is 13.0 Å². The zero-order valence-electron chi connectivity index (χ0n) is 15.0. The van der Waals surface area contributed by atoms with E-state index >= 15 is 0 Å². The van der Waals surface area contributed by atoms with E-state index in [-0.39, 0.29) is 5.91 Å². The number of aryl methyl sites for hydroxylation is 2. The minimum absolute atomic E-state index is 0.258. The van der Waals surface area contributed by atoms with Gasteiger partial charge in [-0.3, -0.25) is 9.48 Å².